The molecular formula is C17H27NO2. The minimum atomic E-state index is 0.308. The van der Waals surface area contributed by atoms with Crippen LogP contribution < -0.4 is 0 Å². The molecule has 2 atom stereocenters. The molecule has 2 rings (SSSR count). The van der Waals surface area contributed by atoms with Crippen LogP contribution >= 0.6 is 0 Å². The summed E-state index contributed by atoms with van der Waals surface area (Å²) in [4.78, 5) is 2.50. The van der Waals surface area contributed by atoms with Gasteiger partial charge in [0.25, 0.3) is 0 Å². The van der Waals surface area contributed by atoms with Gasteiger partial charge in [0.05, 0.1) is 12.2 Å². The number of aliphatic hydroxyl groups is 1. The number of morpholine rings is 1. The van der Waals surface area contributed by atoms with Gasteiger partial charge in [-0.2, -0.15) is 0 Å². The second-order valence-corrected chi connectivity index (χ2v) is 5.82. The van der Waals surface area contributed by atoms with E-state index in [4.69, 9.17) is 9.84 Å². The molecule has 3 nitrogen and oxygen atoms in total. The lowest BCUT2D eigenvalue weighted by Gasteiger charge is -2.37. The summed E-state index contributed by atoms with van der Waals surface area (Å²) in [5, 5.41) is 8.81. The molecule has 1 aliphatic rings. The van der Waals surface area contributed by atoms with E-state index in [-0.39, 0.29) is 0 Å². The fourth-order valence-corrected chi connectivity index (χ4v) is 2.93. The summed E-state index contributed by atoms with van der Waals surface area (Å²) in [5.74, 6) is 0. The fourth-order valence-electron chi connectivity index (χ4n) is 2.93. The zero-order valence-corrected chi connectivity index (χ0v) is 12.5. The smallest absolute Gasteiger partial charge is 0.0706 e. The Hall–Kier alpha value is -0.900. The van der Waals surface area contributed by atoms with Crippen LogP contribution in [0.5, 0.6) is 0 Å². The van der Waals surface area contributed by atoms with Crippen molar-refractivity contribution >= 4 is 0 Å². The molecule has 1 heterocycles. The van der Waals surface area contributed by atoms with Crippen LogP contribution in [0.2, 0.25) is 0 Å². The molecule has 0 aromatic heterocycles. The quantitative estimate of drug-likeness (QED) is 0.778. The summed E-state index contributed by atoms with van der Waals surface area (Å²) in [7, 11) is 0. The lowest BCUT2D eigenvalue weighted by Crippen LogP contribution is -2.46. The third-order valence-electron chi connectivity index (χ3n) is 3.84. The summed E-state index contributed by atoms with van der Waals surface area (Å²) in [6, 6.07) is 10.7. The molecule has 1 aromatic rings. The topological polar surface area (TPSA) is 32.7 Å². The van der Waals surface area contributed by atoms with Crippen molar-refractivity contribution in [2.24, 2.45) is 0 Å². The molecule has 0 bridgehead atoms. The first kappa shape index (κ1) is 15.5. The maximum absolute atomic E-state index is 8.81. The van der Waals surface area contributed by atoms with E-state index in [0.29, 0.717) is 18.8 Å². The molecule has 0 spiro atoms. The molecular weight excluding hydrogens is 250 g/mol. The van der Waals surface area contributed by atoms with Crippen molar-refractivity contribution in [1.29, 1.82) is 0 Å². The Bertz CT molecular complexity index is 369. The van der Waals surface area contributed by atoms with Crippen LogP contribution in [-0.4, -0.2) is 41.9 Å². The van der Waals surface area contributed by atoms with Crippen molar-refractivity contribution in [3.63, 3.8) is 0 Å². The van der Waals surface area contributed by atoms with Gasteiger partial charge < -0.3 is 9.84 Å². The van der Waals surface area contributed by atoms with Gasteiger partial charge in [0.2, 0.25) is 0 Å². The largest absolute Gasteiger partial charge is 0.396 e. The van der Waals surface area contributed by atoms with Crippen molar-refractivity contribution in [1.82, 2.24) is 4.90 Å². The van der Waals surface area contributed by atoms with Crippen LogP contribution in [0.15, 0.2) is 30.3 Å². The van der Waals surface area contributed by atoms with Gasteiger partial charge in [0.15, 0.2) is 0 Å². The molecule has 1 aliphatic heterocycles. The third kappa shape index (κ3) is 5.23. The van der Waals surface area contributed by atoms with Crippen LogP contribution in [0.1, 0.15) is 38.2 Å². The monoisotopic (exact) mass is 277 g/mol. The van der Waals surface area contributed by atoms with Gasteiger partial charge in [-0.25, -0.2) is 0 Å². The number of nitrogens with zero attached hydrogens (tertiary/aromatic N) is 1. The lowest BCUT2D eigenvalue weighted by molar-refractivity contribution is -0.0827. The van der Waals surface area contributed by atoms with Gasteiger partial charge in [-0.05, 0) is 25.3 Å². The lowest BCUT2D eigenvalue weighted by atomic mass is 10.1. The van der Waals surface area contributed by atoms with E-state index in [9.17, 15) is 0 Å². The maximum Gasteiger partial charge on any atom is 0.0706 e. The second kappa shape index (κ2) is 8.40. The summed E-state index contributed by atoms with van der Waals surface area (Å²) < 4.78 is 6.03. The van der Waals surface area contributed by atoms with Crippen LogP contribution in [-0.2, 0) is 11.3 Å². The standard InChI is InChI=1S/C17H27NO2/c1-15-12-18(13-16-8-4-2-5-9-16)14-17(20-15)10-6-3-7-11-19/h2,4-5,8-9,15,17,19H,3,6-7,10-14H2,1H3/t15-,17+/m1/s1. The molecule has 3 heteroatoms. The number of aliphatic hydroxyl groups excluding tert-OH is 1. The van der Waals surface area contributed by atoms with E-state index in [1.807, 2.05) is 0 Å². The van der Waals surface area contributed by atoms with Crippen LogP contribution in [0.3, 0.4) is 0 Å². The average Bonchev–Trinajstić information content (AvgIpc) is 2.44. The first-order chi connectivity index (χ1) is 9.78. The molecule has 0 radical (unpaired) electrons. The zero-order chi connectivity index (χ0) is 14.2. The highest BCUT2D eigenvalue weighted by molar-refractivity contribution is 5.14. The van der Waals surface area contributed by atoms with Crippen molar-refractivity contribution in [3.8, 4) is 0 Å². The van der Waals surface area contributed by atoms with E-state index in [2.05, 4.69) is 42.2 Å². The molecule has 0 saturated carbocycles. The minimum absolute atomic E-state index is 0.308. The van der Waals surface area contributed by atoms with Gasteiger partial charge in [0.1, 0.15) is 0 Å². The van der Waals surface area contributed by atoms with E-state index in [1.165, 1.54) is 5.56 Å². The van der Waals surface area contributed by atoms with Gasteiger partial charge in [-0.1, -0.05) is 43.2 Å². The molecule has 1 fully saturated rings. The molecule has 1 N–H and O–H groups in total. The average molecular weight is 277 g/mol. The third-order valence-corrected chi connectivity index (χ3v) is 3.84. The van der Waals surface area contributed by atoms with Crippen molar-refractivity contribution in [2.75, 3.05) is 19.7 Å². The summed E-state index contributed by atoms with van der Waals surface area (Å²) in [6.07, 6.45) is 4.93. The SMILES string of the molecule is C[C@@H]1CN(Cc2ccccc2)C[C@H](CCCCCO)O1. The minimum Gasteiger partial charge on any atom is -0.396 e. The normalized spacial score (nSPS) is 23.9. The number of rotatable bonds is 7. The molecule has 20 heavy (non-hydrogen) atoms. The maximum atomic E-state index is 8.81. The first-order valence-electron chi connectivity index (χ1n) is 7.80. The van der Waals surface area contributed by atoms with Gasteiger partial charge in [-0.15, -0.1) is 0 Å². The predicted octanol–water partition coefficient (Wildman–Crippen LogP) is 2.83. The number of benzene rings is 1. The van der Waals surface area contributed by atoms with E-state index in [1.54, 1.807) is 0 Å². The Morgan fingerprint density at radius 3 is 2.70 bits per heavy atom. The molecule has 112 valence electrons. The molecule has 0 amide bonds. The molecule has 0 unspecified atom stereocenters. The van der Waals surface area contributed by atoms with E-state index >= 15 is 0 Å². The summed E-state index contributed by atoms with van der Waals surface area (Å²) in [5.41, 5.74) is 1.38. The molecule has 1 aromatic carbocycles. The summed E-state index contributed by atoms with van der Waals surface area (Å²) in [6.45, 7) is 5.53. The Morgan fingerprint density at radius 1 is 1.15 bits per heavy atom. The molecule has 1 saturated heterocycles. The van der Waals surface area contributed by atoms with Crippen molar-refractivity contribution in [2.45, 2.75) is 51.4 Å². The highest BCUT2D eigenvalue weighted by Gasteiger charge is 2.24. The van der Waals surface area contributed by atoms with Crippen molar-refractivity contribution in [3.05, 3.63) is 35.9 Å². The number of hydrogen-bond acceptors (Lipinski definition) is 3. The Balaban J connectivity index is 1.78. The van der Waals surface area contributed by atoms with Gasteiger partial charge in [0, 0.05) is 26.2 Å². The highest BCUT2D eigenvalue weighted by atomic mass is 16.5. The number of unbranched alkanes of at least 4 members (excludes halogenated alkanes) is 2. The predicted molar refractivity (Wildman–Crippen MR) is 81.6 cm³/mol. The zero-order valence-electron chi connectivity index (χ0n) is 12.5. The Labute approximate surface area is 122 Å². The van der Waals surface area contributed by atoms with Crippen LogP contribution in [0.4, 0.5) is 0 Å². The second-order valence-electron chi connectivity index (χ2n) is 5.82. The van der Waals surface area contributed by atoms with E-state index in [0.717, 1.165) is 45.3 Å². The first-order valence-corrected chi connectivity index (χ1v) is 7.80. The molecule has 0 aliphatic carbocycles. The highest BCUT2D eigenvalue weighted by Crippen LogP contribution is 2.18. The van der Waals surface area contributed by atoms with Gasteiger partial charge >= 0.3 is 0 Å². The Kier molecular flexibility index (Phi) is 6.51. The van der Waals surface area contributed by atoms with Crippen molar-refractivity contribution < 1.29 is 9.84 Å². The Morgan fingerprint density at radius 2 is 1.95 bits per heavy atom. The van der Waals surface area contributed by atoms with Crippen LogP contribution in [0.25, 0.3) is 0 Å². The van der Waals surface area contributed by atoms with Gasteiger partial charge in [-0.3, -0.25) is 4.90 Å². The number of hydrogen-bond donors (Lipinski definition) is 1. The van der Waals surface area contributed by atoms with Crippen LogP contribution in [0, 0.1) is 0 Å². The van der Waals surface area contributed by atoms with E-state index < -0.39 is 0 Å². The summed E-state index contributed by atoms with van der Waals surface area (Å²) >= 11 is 0. The fraction of sp³-hybridized carbons (Fsp3) is 0.647. The number of ether oxygens (including phenoxy) is 1.